The molecule has 1 rings (SSSR count). The maximum absolute atomic E-state index is 11.4. The van der Waals surface area contributed by atoms with Crippen LogP contribution in [0.1, 0.15) is 51.9 Å². The molecule has 19 heavy (non-hydrogen) atoms. The molecular formula is C14H29ClN2O2. The number of ether oxygens (including phenoxy) is 1. The normalized spacial score (nSPS) is 16.5. The fraction of sp³-hybridized carbons (Fsp3) is 0.929. The summed E-state index contributed by atoms with van der Waals surface area (Å²) < 4.78 is 5.18. The van der Waals surface area contributed by atoms with Crippen molar-refractivity contribution in [3.05, 3.63) is 0 Å². The Morgan fingerprint density at radius 3 is 2.47 bits per heavy atom. The van der Waals surface area contributed by atoms with Crippen LogP contribution in [0, 0.1) is 0 Å². The summed E-state index contributed by atoms with van der Waals surface area (Å²) in [5.74, 6) is -0.00823. The number of halogens is 1. The monoisotopic (exact) mass is 292 g/mol. The average molecular weight is 293 g/mol. The van der Waals surface area contributed by atoms with Gasteiger partial charge in [-0.05, 0) is 19.3 Å². The molecule has 1 aliphatic rings. The predicted octanol–water partition coefficient (Wildman–Crippen LogP) is 2.26. The lowest BCUT2D eigenvalue weighted by Gasteiger charge is -2.16. The first-order chi connectivity index (χ1) is 8.83. The Balaban J connectivity index is 0.00000324. The standard InChI is InChI=1S/C14H28N2O2.ClH/c1-2-11-18-12-14(17)16-10-9-15-13-7-5-3-4-6-8-13;/h13,15H,2-12H2,1H3,(H,16,17);1H. The summed E-state index contributed by atoms with van der Waals surface area (Å²) in [5.41, 5.74) is 0. The van der Waals surface area contributed by atoms with E-state index in [0.717, 1.165) is 13.0 Å². The van der Waals surface area contributed by atoms with Crippen molar-refractivity contribution in [1.82, 2.24) is 10.6 Å². The quantitative estimate of drug-likeness (QED) is 0.533. The lowest BCUT2D eigenvalue weighted by atomic mass is 10.1. The predicted molar refractivity (Wildman–Crippen MR) is 80.9 cm³/mol. The Morgan fingerprint density at radius 1 is 1.16 bits per heavy atom. The summed E-state index contributed by atoms with van der Waals surface area (Å²) in [7, 11) is 0. The summed E-state index contributed by atoms with van der Waals surface area (Å²) in [5, 5.41) is 6.40. The zero-order valence-electron chi connectivity index (χ0n) is 12.1. The lowest BCUT2D eigenvalue weighted by Crippen LogP contribution is -2.38. The molecule has 0 heterocycles. The van der Waals surface area contributed by atoms with E-state index in [1.54, 1.807) is 0 Å². The zero-order valence-corrected chi connectivity index (χ0v) is 12.9. The second-order valence-corrected chi connectivity index (χ2v) is 5.05. The van der Waals surface area contributed by atoms with E-state index in [0.29, 0.717) is 19.2 Å². The van der Waals surface area contributed by atoms with E-state index in [9.17, 15) is 4.79 Å². The van der Waals surface area contributed by atoms with Crippen LogP contribution >= 0.6 is 12.4 Å². The van der Waals surface area contributed by atoms with Gasteiger partial charge in [0.15, 0.2) is 0 Å². The molecule has 0 unspecified atom stereocenters. The van der Waals surface area contributed by atoms with Gasteiger partial charge in [0, 0.05) is 25.7 Å². The molecule has 0 atom stereocenters. The molecule has 114 valence electrons. The first-order valence-corrected chi connectivity index (χ1v) is 7.40. The van der Waals surface area contributed by atoms with E-state index in [1.165, 1.54) is 38.5 Å². The molecular weight excluding hydrogens is 264 g/mol. The maximum atomic E-state index is 11.4. The lowest BCUT2D eigenvalue weighted by molar-refractivity contribution is -0.125. The second-order valence-electron chi connectivity index (χ2n) is 5.05. The van der Waals surface area contributed by atoms with Crippen molar-refractivity contribution in [3.63, 3.8) is 0 Å². The highest BCUT2D eigenvalue weighted by molar-refractivity contribution is 5.85. The molecule has 4 nitrogen and oxygen atoms in total. The minimum Gasteiger partial charge on any atom is -0.372 e. The van der Waals surface area contributed by atoms with Crippen molar-refractivity contribution in [2.75, 3.05) is 26.3 Å². The molecule has 0 bridgehead atoms. The minimum atomic E-state index is -0.00823. The van der Waals surface area contributed by atoms with Crippen LogP contribution in [0.5, 0.6) is 0 Å². The summed E-state index contributed by atoms with van der Waals surface area (Å²) in [4.78, 5) is 11.4. The van der Waals surface area contributed by atoms with Crippen molar-refractivity contribution in [2.45, 2.75) is 57.9 Å². The van der Waals surface area contributed by atoms with Crippen molar-refractivity contribution in [3.8, 4) is 0 Å². The molecule has 0 saturated heterocycles. The summed E-state index contributed by atoms with van der Waals surface area (Å²) in [6.45, 7) is 4.45. The van der Waals surface area contributed by atoms with Crippen molar-refractivity contribution < 1.29 is 9.53 Å². The number of hydrogen-bond acceptors (Lipinski definition) is 3. The summed E-state index contributed by atoms with van der Waals surface area (Å²) in [6.07, 6.45) is 8.97. The molecule has 0 spiro atoms. The zero-order chi connectivity index (χ0) is 13.1. The summed E-state index contributed by atoms with van der Waals surface area (Å²) >= 11 is 0. The molecule has 0 aromatic rings. The third-order valence-electron chi connectivity index (χ3n) is 3.32. The van der Waals surface area contributed by atoms with Gasteiger partial charge >= 0.3 is 0 Å². The molecule has 5 heteroatoms. The molecule has 1 aliphatic carbocycles. The van der Waals surface area contributed by atoms with Gasteiger partial charge in [-0.3, -0.25) is 4.79 Å². The Hall–Kier alpha value is -0.320. The Morgan fingerprint density at radius 2 is 1.84 bits per heavy atom. The van der Waals surface area contributed by atoms with Gasteiger partial charge in [0.05, 0.1) is 0 Å². The van der Waals surface area contributed by atoms with Crippen LogP contribution in [0.2, 0.25) is 0 Å². The molecule has 0 aromatic heterocycles. The van der Waals surface area contributed by atoms with Crippen LogP contribution in [-0.4, -0.2) is 38.3 Å². The topological polar surface area (TPSA) is 50.4 Å². The van der Waals surface area contributed by atoms with Crippen LogP contribution in [0.25, 0.3) is 0 Å². The highest BCUT2D eigenvalue weighted by Crippen LogP contribution is 2.16. The van der Waals surface area contributed by atoms with E-state index in [2.05, 4.69) is 10.6 Å². The molecule has 0 aliphatic heterocycles. The number of nitrogens with one attached hydrogen (secondary N) is 2. The SMILES string of the molecule is CCCOCC(=O)NCCNC1CCCCCC1.Cl. The van der Waals surface area contributed by atoms with Crippen LogP contribution < -0.4 is 10.6 Å². The van der Waals surface area contributed by atoms with Crippen molar-refractivity contribution >= 4 is 18.3 Å². The molecule has 2 N–H and O–H groups in total. The van der Waals surface area contributed by atoms with Gasteiger partial charge in [0.25, 0.3) is 0 Å². The van der Waals surface area contributed by atoms with Gasteiger partial charge < -0.3 is 15.4 Å². The highest BCUT2D eigenvalue weighted by atomic mass is 35.5. The molecule has 1 amide bonds. The Bertz CT molecular complexity index is 219. The third kappa shape index (κ3) is 10.2. The van der Waals surface area contributed by atoms with Crippen molar-refractivity contribution in [1.29, 1.82) is 0 Å². The number of carbonyl (C=O) groups excluding carboxylic acids is 1. The smallest absolute Gasteiger partial charge is 0.246 e. The first-order valence-electron chi connectivity index (χ1n) is 7.40. The number of carbonyl (C=O) groups is 1. The first kappa shape index (κ1) is 18.7. The van der Waals surface area contributed by atoms with E-state index in [1.807, 2.05) is 6.92 Å². The fourth-order valence-corrected chi connectivity index (χ4v) is 2.32. The molecule has 0 radical (unpaired) electrons. The van der Waals surface area contributed by atoms with E-state index in [-0.39, 0.29) is 24.9 Å². The molecule has 0 aromatic carbocycles. The van der Waals surface area contributed by atoms with Gasteiger partial charge in [-0.1, -0.05) is 32.6 Å². The maximum Gasteiger partial charge on any atom is 0.246 e. The largest absolute Gasteiger partial charge is 0.372 e. The van der Waals surface area contributed by atoms with Gasteiger partial charge in [-0.25, -0.2) is 0 Å². The van der Waals surface area contributed by atoms with Crippen LogP contribution in [0.3, 0.4) is 0 Å². The molecule has 1 saturated carbocycles. The van der Waals surface area contributed by atoms with Crippen molar-refractivity contribution in [2.24, 2.45) is 0 Å². The highest BCUT2D eigenvalue weighted by Gasteiger charge is 2.10. The number of hydrogen-bond donors (Lipinski definition) is 2. The third-order valence-corrected chi connectivity index (χ3v) is 3.32. The van der Waals surface area contributed by atoms with Gasteiger partial charge in [-0.2, -0.15) is 0 Å². The van der Waals surface area contributed by atoms with Gasteiger partial charge in [0.2, 0.25) is 5.91 Å². The minimum absolute atomic E-state index is 0. The fourth-order valence-electron chi connectivity index (χ4n) is 2.32. The van der Waals surface area contributed by atoms with Gasteiger partial charge in [0.1, 0.15) is 6.61 Å². The van der Waals surface area contributed by atoms with Crippen LogP contribution in [0.4, 0.5) is 0 Å². The number of amides is 1. The Kier molecular flexibility index (Phi) is 12.5. The molecule has 1 fully saturated rings. The average Bonchev–Trinajstić information content (AvgIpc) is 2.63. The second kappa shape index (κ2) is 12.7. The van der Waals surface area contributed by atoms with E-state index in [4.69, 9.17) is 4.74 Å². The summed E-state index contributed by atoms with van der Waals surface area (Å²) in [6, 6.07) is 0.653. The van der Waals surface area contributed by atoms with E-state index < -0.39 is 0 Å². The van der Waals surface area contributed by atoms with Crippen LogP contribution in [-0.2, 0) is 9.53 Å². The van der Waals surface area contributed by atoms with Crippen LogP contribution in [0.15, 0.2) is 0 Å². The van der Waals surface area contributed by atoms with Gasteiger partial charge in [-0.15, -0.1) is 12.4 Å². The van der Waals surface area contributed by atoms with E-state index >= 15 is 0 Å². The number of rotatable bonds is 8. The Labute approximate surface area is 123 Å².